The van der Waals surface area contributed by atoms with E-state index in [0.717, 1.165) is 5.56 Å². The zero-order chi connectivity index (χ0) is 13.5. The van der Waals surface area contributed by atoms with E-state index in [-0.39, 0.29) is 0 Å². The molecule has 0 aromatic heterocycles. The summed E-state index contributed by atoms with van der Waals surface area (Å²) in [6, 6.07) is 10.1. The van der Waals surface area contributed by atoms with Crippen LogP contribution in [0.5, 0.6) is 0 Å². The summed E-state index contributed by atoms with van der Waals surface area (Å²) < 4.78 is 6.13. The molecule has 0 aliphatic carbocycles. The van der Waals surface area contributed by atoms with Crippen molar-refractivity contribution in [3.8, 4) is 0 Å². The Balaban J connectivity index is 2.62. The molecule has 0 saturated heterocycles. The van der Waals surface area contributed by atoms with Crippen molar-refractivity contribution in [1.82, 2.24) is 0 Å². The molecular weight excluding hydrogens is 255 g/mol. The molecule has 0 radical (unpaired) electrons. The van der Waals surface area contributed by atoms with Gasteiger partial charge in [-0.2, -0.15) is 0 Å². The van der Waals surface area contributed by atoms with Crippen molar-refractivity contribution in [2.24, 2.45) is 11.8 Å². The molecule has 0 heterocycles. The molecule has 0 aliphatic rings. The van der Waals surface area contributed by atoms with Gasteiger partial charge in [0.05, 0.1) is 0 Å². The first-order valence-electron chi connectivity index (χ1n) is 6.75. The van der Waals surface area contributed by atoms with Crippen LogP contribution in [0.4, 0.5) is 0 Å². The van der Waals surface area contributed by atoms with Crippen molar-refractivity contribution in [3.63, 3.8) is 0 Å². The van der Waals surface area contributed by atoms with Crippen LogP contribution in [0.15, 0.2) is 30.3 Å². The zero-order valence-corrected chi connectivity index (χ0v) is 13.8. The lowest BCUT2D eigenvalue weighted by Gasteiger charge is -2.19. The van der Waals surface area contributed by atoms with Gasteiger partial charge in [-0.1, -0.05) is 80.4 Å². The molecule has 1 aromatic rings. The fourth-order valence-electron chi connectivity index (χ4n) is 2.04. The van der Waals surface area contributed by atoms with E-state index in [1.54, 1.807) is 0 Å². The summed E-state index contributed by atoms with van der Waals surface area (Å²) in [7, 11) is 0. The highest BCUT2D eigenvalue weighted by Gasteiger charge is 2.27. The Hall–Kier alpha value is -0.358. The summed E-state index contributed by atoms with van der Waals surface area (Å²) in [5, 5.41) is 3.09. The molecule has 18 heavy (non-hydrogen) atoms. The van der Waals surface area contributed by atoms with Crippen LogP contribution in [0.1, 0.15) is 33.3 Å². The Kier molecular flexibility index (Phi) is 6.93. The Morgan fingerprint density at radius 1 is 1.06 bits per heavy atom. The minimum atomic E-state index is -1.22. The van der Waals surface area contributed by atoms with Crippen LogP contribution >= 0.6 is 12.2 Å². The fourth-order valence-corrected chi connectivity index (χ4v) is 5.51. The van der Waals surface area contributed by atoms with Gasteiger partial charge in [-0.3, -0.25) is 0 Å². The summed E-state index contributed by atoms with van der Waals surface area (Å²) in [6.45, 7) is 9.04. The van der Waals surface area contributed by atoms with Gasteiger partial charge in [0.25, 0.3) is 0 Å². The second-order valence-electron chi connectivity index (χ2n) is 5.65. The van der Waals surface area contributed by atoms with Crippen molar-refractivity contribution >= 4 is 31.8 Å². The summed E-state index contributed by atoms with van der Waals surface area (Å²) in [4.78, 5) is 0. The van der Waals surface area contributed by atoms with Crippen LogP contribution < -0.4 is 0 Å². The van der Waals surface area contributed by atoms with Crippen molar-refractivity contribution in [2.75, 3.05) is 0 Å². The molecule has 0 aliphatic heterocycles. The van der Waals surface area contributed by atoms with E-state index in [1.807, 2.05) is 30.3 Å². The Labute approximate surface area is 121 Å². The van der Waals surface area contributed by atoms with Crippen LogP contribution in [-0.2, 0) is 3.79 Å². The first-order chi connectivity index (χ1) is 8.49. The lowest BCUT2D eigenvalue weighted by atomic mass is 10.2. The highest BCUT2D eigenvalue weighted by Crippen LogP contribution is 2.17. The second-order valence-corrected chi connectivity index (χ2v) is 8.45. The smallest absolute Gasteiger partial charge is 0.547 e. The van der Waals surface area contributed by atoms with Crippen LogP contribution in [0.25, 0.3) is 0 Å². The summed E-state index contributed by atoms with van der Waals surface area (Å²) in [5.41, 5.74) is 1.04. The molecular formula is C15H23AlOS. The molecule has 1 rings (SSSR count). The molecule has 0 unspecified atom stereocenters. The SMILES string of the molecule is CC(C)[CH2][Al]([CH2]C(C)C)[O]C(=S)c1ccccc1. The van der Waals surface area contributed by atoms with E-state index < -0.39 is 14.5 Å². The molecule has 0 fully saturated rings. The predicted octanol–water partition coefficient (Wildman–Crippen LogP) is 4.68. The number of hydrogen-bond donors (Lipinski definition) is 0. The third kappa shape index (κ3) is 6.00. The quantitative estimate of drug-likeness (QED) is 0.552. The number of rotatable bonds is 6. The van der Waals surface area contributed by atoms with E-state index in [4.69, 9.17) is 16.0 Å². The largest absolute Gasteiger partial charge is 0.634 e. The topological polar surface area (TPSA) is 9.23 Å². The molecule has 0 saturated carbocycles. The molecule has 0 bridgehead atoms. The van der Waals surface area contributed by atoms with E-state index in [0.29, 0.717) is 16.9 Å². The minimum absolute atomic E-state index is 0.688. The number of hydrogen-bond acceptors (Lipinski definition) is 2. The van der Waals surface area contributed by atoms with Gasteiger partial charge in [-0.25, -0.2) is 0 Å². The summed E-state index contributed by atoms with van der Waals surface area (Å²) >= 11 is 4.20. The maximum atomic E-state index is 6.13. The van der Waals surface area contributed by atoms with Crippen LogP contribution in [-0.4, -0.2) is 19.5 Å². The Morgan fingerprint density at radius 3 is 2.00 bits per heavy atom. The molecule has 1 nitrogen and oxygen atoms in total. The minimum Gasteiger partial charge on any atom is -0.634 e. The first kappa shape index (κ1) is 15.7. The Bertz CT molecular complexity index is 352. The fraction of sp³-hybridized carbons (Fsp3) is 0.533. The summed E-state index contributed by atoms with van der Waals surface area (Å²) in [5.74, 6) is 1.39. The normalized spacial score (nSPS) is 10.8. The van der Waals surface area contributed by atoms with Gasteiger partial charge in [0.1, 0.15) is 0 Å². The van der Waals surface area contributed by atoms with Crippen LogP contribution in [0.3, 0.4) is 0 Å². The third-order valence-electron chi connectivity index (χ3n) is 2.75. The van der Waals surface area contributed by atoms with Gasteiger partial charge in [0, 0.05) is 5.56 Å². The first-order valence-corrected chi connectivity index (χ1v) is 9.26. The van der Waals surface area contributed by atoms with E-state index >= 15 is 0 Å². The van der Waals surface area contributed by atoms with Gasteiger partial charge in [0.15, 0.2) is 5.05 Å². The number of benzene rings is 1. The second kappa shape index (κ2) is 7.94. The molecule has 0 spiro atoms. The zero-order valence-electron chi connectivity index (χ0n) is 11.8. The predicted molar refractivity (Wildman–Crippen MR) is 84.3 cm³/mol. The highest BCUT2D eigenvalue weighted by molar-refractivity contribution is 7.80. The lowest BCUT2D eigenvalue weighted by Crippen LogP contribution is -2.25. The molecule has 3 heteroatoms. The maximum Gasteiger partial charge on any atom is 0.547 e. The molecule has 98 valence electrons. The van der Waals surface area contributed by atoms with Crippen LogP contribution in [0, 0.1) is 11.8 Å². The molecule has 0 amide bonds. The van der Waals surface area contributed by atoms with Crippen molar-refractivity contribution in [3.05, 3.63) is 35.9 Å². The van der Waals surface area contributed by atoms with Gasteiger partial charge in [-0.05, 0) is 12.2 Å². The van der Waals surface area contributed by atoms with E-state index in [9.17, 15) is 0 Å². The van der Waals surface area contributed by atoms with Crippen LogP contribution in [0.2, 0.25) is 10.6 Å². The average molecular weight is 278 g/mol. The van der Waals surface area contributed by atoms with Crippen molar-refractivity contribution < 1.29 is 3.79 Å². The van der Waals surface area contributed by atoms with E-state index in [2.05, 4.69) is 27.7 Å². The Morgan fingerprint density at radius 2 is 1.56 bits per heavy atom. The summed E-state index contributed by atoms with van der Waals surface area (Å²) in [6.07, 6.45) is 0. The van der Waals surface area contributed by atoms with E-state index in [1.165, 1.54) is 10.6 Å². The number of thiocarbonyl (C=S) groups is 1. The van der Waals surface area contributed by atoms with Gasteiger partial charge < -0.3 is 3.79 Å². The third-order valence-corrected chi connectivity index (χ3v) is 6.76. The molecule has 0 atom stereocenters. The lowest BCUT2D eigenvalue weighted by molar-refractivity contribution is 0.532. The molecule has 0 N–H and O–H groups in total. The standard InChI is InChI=1S/C7H6OS.2C4H9.Al/c8-7(9)6-4-2-1-3-5-6;2*1-4(2)3;/h1-5H,(H,8,9);2*4H,1H2,2-3H3;/q;;;+1/p-1. The van der Waals surface area contributed by atoms with Gasteiger partial charge in [-0.15, -0.1) is 0 Å². The molecule has 1 aromatic carbocycles. The maximum absolute atomic E-state index is 6.13. The monoisotopic (exact) mass is 278 g/mol. The highest BCUT2D eigenvalue weighted by atomic mass is 32.1. The van der Waals surface area contributed by atoms with Gasteiger partial charge in [0.2, 0.25) is 0 Å². The average Bonchev–Trinajstić information content (AvgIpc) is 2.28. The van der Waals surface area contributed by atoms with Crippen molar-refractivity contribution in [1.29, 1.82) is 0 Å². The van der Waals surface area contributed by atoms with Gasteiger partial charge >= 0.3 is 14.5 Å². The van der Waals surface area contributed by atoms with Crippen molar-refractivity contribution in [2.45, 2.75) is 38.3 Å².